The molecular weight excluding hydrogens is 827 g/mol. The highest BCUT2D eigenvalue weighted by atomic mass is 16.3. The molecule has 1 aliphatic rings. The van der Waals surface area contributed by atoms with Gasteiger partial charge in [0.1, 0.15) is 22.3 Å². The summed E-state index contributed by atoms with van der Waals surface area (Å²) in [7, 11) is 0. The number of hydrogen-bond donors (Lipinski definition) is 0. The van der Waals surface area contributed by atoms with Crippen molar-refractivity contribution in [2.24, 2.45) is 0 Å². The first-order valence-corrected chi connectivity index (χ1v) is 23.3. The zero-order valence-electron chi connectivity index (χ0n) is 36.9. The monoisotopic (exact) mass is 867 g/mol. The van der Waals surface area contributed by atoms with Gasteiger partial charge in [0.2, 0.25) is 0 Å². The highest BCUT2D eigenvalue weighted by molar-refractivity contribution is 6.17. The molecule has 0 unspecified atom stereocenters. The van der Waals surface area contributed by atoms with Gasteiger partial charge in [-0.05, 0) is 128 Å². The quantitative estimate of drug-likeness (QED) is 0.160. The van der Waals surface area contributed by atoms with E-state index >= 15 is 0 Å². The van der Waals surface area contributed by atoms with Crippen molar-refractivity contribution in [1.29, 1.82) is 0 Å². The summed E-state index contributed by atoms with van der Waals surface area (Å²) in [5.74, 6) is 0. The molecule has 2 aromatic heterocycles. The van der Waals surface area contributed by atoms with Gasteiger partial charge in [-0.15, -0.1) is 0 Å². The zero-order valence-corrected chi connectivity index (χ0v) is 36.9. The Labute approximate surface area is 393 Å². The molecule has 2 heterocycles. The largest absolute Gasteiger partial charge is 0.456 e. The number of furan rings is 2. The Morgan fingerprint density at radius 3 is 1.71 bits per heavy atom. The van der Waals surface area contributed by atoms with E-state index in [4.69, 9.17) is 8.83 Å². The fourth-order valence-electron chi connectivity index (χ4n) is 11.3. The summed E-state index contributed by atoms with van der Waals surface area (Å²) in [5, 5.41) is 6.80. The van der Waals surface area contributed by atoms with E-state index in [1.165, 1.54) is 38.8 Å². The lowest BCUT2D eigenvalue weighted by Gasteiger charge is -2.35. The van der Waals surface area contributed by atoms with Gasteiger partial charge in [-0.3, -0.25) is 0 Å². The standard InChI is InChI=1S/C65H41NO2/c1-3-18-46(19-4-1)65(47-20-5-2-6-21-47)57-26-12-9-22-50(57)51-36-35-49(41-58(51)65)66(48-33-30-42(31-34-48)45-32-37-61-55(38-45)53-24-11-14-28-60(53)67-61)59-27-13-10-23-52(59)54-25-15-29-62-64(54)56-39-43-16-7-8-17-44(43)40-63(56)68-62/h1-41H. The van der Waals surface area contributed by atoms with Crippen molar-refractivity contribution in [3.05, 3.63) is 271 Å². The van der Waals surface area contributed by atoms with Crippen LogP contribution in [-0.4, -0.2) is 0 Å². The highest BCUT2D eigenvalue weighted by Gasteiger charge is 2.46. The Kier molecular flexibility index (Phi) is 8.50. The van der Waals surface area contributed by atoms with E-state index in [0.717, 1.165) is 88.6 Å². The third-order valence-corrected chi connectivity index (χ3v) is 14.3. The van der Waals surface area contributed by atoms with Gasteiger partial charge in [0.15, 0.2) is 0 Å². The first-order chi connectivity index (χ1) is 33.7. The lowest BCUT2D eigenvalue weighted by atomic mass is 9.67. The molecule has 0 amide bonds. The van der Waals surface area contributed by atoms with Crippen LogP contribution < -0.4 is 4.90 Å². The molecule has 3 heteroatoms. The molecule has 0 bridgehead atoms. The van der Waals surface area contributed by atoms with Crippen molar-refractivity contribution in [3.63, 3.8) is 0 Å². The second kappa shape index (κ2) is 15.1. The lowest BCUT2D eigenvalue weighted by molar-refractivity contribution is 0.669. The van der Waals surface area contributed by atoms with Crippen molar-refractivity contribution >= 4 is 71.7 Å². The van der Waals surface area contributed by atoms with E-state index in [2.05, 4.69) is 241 Å². The van der Waals surface area contributed by atoms with Crippen LogP contribution in [0.4, 0.5) is 17.1 Å². The maximum Gasteiger partial charge on any atom is 0.136 e. The van der Waals surface area contributed by atoms with Gasteiger partial charge in [-0.1, -0.05) is 182 Å². The minimum absolute atomic E-state index is 0.556. The van der Waals surface area contributed by atoms with Crippen molar-refractivity contribution in [1.82, 2.24) is 0 Å². The van der Waals surface area contributed by atoms with Gasteiger partial charge < -0.3 is 13.7 Å². The summed E-state index contributed by atoms with van der Waals surface area (Å²) < 4.78 is 12.9. The Bertz CT molecular complexity index is 4050. The number of para-hydroxylation sites is 2. The predicted octanol–water partition coefficient (Wildman–Crippen LogP) is 17.8. The number of hydrogen-bond acceptors (Lipinski definition) is 3. The average Bonchev–Trinajstić information content (AvgIpc) is 4.06. The van der Waals surface area contributed by atoms with Crippen LogP contribution in [0.5, 0.6) is 0 Å². The van der Waals surface area contributed by atoms with Crippen LogP contribution in [-0.2, 0) is 5.41 Å². The second-order valence-corrected chi connectivity index (χ2v) is 17.9. The second-order valence-electron chi connectivity index (χ2n) is 17.9. The molecule has 318 valence electrons. The molecule has 11 aromatic carbocycles. The fraction of sp³-hybridized carbons (Fsp3) is 0.0154. The lowest BCUT2D eigenvalue weighted by Crippen LogP contribution is -2.28. The van der Waals surface area contributed by atoms with E-state index < -0.39 is 5.41 Å². The van der Waals surface area contributed by atoms with E-state index in [9.17, 15) is 0 Å². The Hall–Kier alpha value is -8.92. The summed E-state index contributed by atoms with van der Waals surface area (Å²) >= 11 is 0. The van der Waals surface area contributed by atoms with Crippen molar-refractivity contribution in [2.75, 3.05) is 4.90 Å². The van der Waals surface area contributed by atoms with Crippen LogP contribution in [0, 0.1) is 0 Å². The van der Waals surface area contributed by atoms with Gasteiger partial charge >= 0.3 is 0 Å². The molecule has 0 N–H and O–H groups in total. The van der Waals surface area contributed by atoms with Crippen molar-refractivity contribution < 1.29 is 8.83 Å². The molecule has 0 saturated carbocycles. The maximum atomic E-state index is 6.66. The molecule has 0 aliphatic heterocycles. The smallest absolute Gasteiger partial charge is 0.136 e. The summed E-state index contributed by atoms with van der Waals surface area (Å²) in [4.78, 5) is 2.45. The molecule has 1 aliphatic carbocycles. The number of anilines is 3. The van der Waals surface area contributed by atoms with E-state index in [-0.39, 0.29) is 0 Å². The molecular formula is C65H41NO2. The van der Waals surface area contributed by atoms with Gasteiger partial charge in [0, 0.05) is 38.5 Å². The number of benzene rings is 11. The van der Waals surface area contributed by atoms with Crippen LogP contribution in [0.2, 0.25) is 0 Å². The summed E-state index contributed by atoms with van der Waals surface area (Å²) in [6.45, 7) is 0. The molecule has 3 nitrogen and oxygen atoms in total. The Morgan fingerprint density at radius 1 is 0.309 bits per heavy atom. The third-order valence-electron chi connectivity index (χ3n) is 14.3. The number of fused-ring (bicyclic) bond motifs is 10. The van der Waals surface area contributed by atoms with Gasteiger partial charge in [0.25, 0.3) is 0 Å². The molecule has 0 spiro atoms. The molecule has 0 atom stereocenters. The normalized spacial score (nSPS) is 12.8. The van der Waals surface area contributed by atoms with Crippen molar-refractivity contribution in [3.8, 4) is 33.4 Å². The Balaban J connectivity index is 1.00. The fourth-order valence-corrected chi connectivity index (χ4v) is 11.3. The van der Waals surface area contributed by atoms with Gasteiger partial charge in [0.05, 0.1) is 11.1 Å². The maximum absolute atomic E-state index is 6.66. The molecule has 0 fully saturated rings. The van der Waals surface area contributed by atoms with Crippen molar-refractivity contribution in [2.45, 2.75) is 5.41 Å². The number of nitrogens with zero attached hydrogens (tertiary/aromatic N) is 1. The molecule has 13 aromatic rings. The van der Waals surface area contributed by atoms with Crippen LogP contribution in [0.25, 0.3) is 88.0 Å². The van der Waals surface area contributed by atoms with E-state index in [1.807, 2.05) is 12.1 Å². The van der Waals surface area contributed by atoms with Gasteiger partial charge in [-0.2, -0.15) is 0 Å². The molecule has 0 saturated heterocycles. The van der Waals surface area contributed by atoms with E-state index in [1.54, 1.807) is 0 Å². The first kappa shape index (κ1) is 38.4. The SMILES string of the molecule is c1ccc(C2(c3ccccc3)c3ccccc3-c3ccc(N(c4ccc(-c5ccc6oc7ccccc7c6c5)cc4)c4ccccc4-c4cccc5oc6cc7ccccc7cc6c45)cc32)cc1. The first-order valence-electron chi connectivity index (χ1n) is 23.3. The minimum atomic E-state index is -0.556. The average molecular weight is 868 g/mol. The van der Waals surface area contributed by atoms with E-state index in [0.29, 0.717) is 0 Å². The van der Waals surface area contributed by atoms with Crippen LogP contribution >= 0.6 is 0 Å². The summed E-state index contributed by atoms with van der Waals surface area (Å²) in [6.07, 6.45) is 0. The Morgan fingerprint density at radius 2 is 0.897 bits per heavy atom. The molecule has 14 rings (SSSR count). The summed E-state index contributed by atoms with van der Waals surface area (Å²) in [5.41, 5.74) is 18.2. The third kappa shape index (κ3) is 5.72. The van der Waals surface area contributed by atoms with Crippen LogP contribution in [0.1, 0.15) is 22.3 Å². The van der Waals surface area contributed by atoms with Gasteiger partial charge in [-0.25, -0.2) is 0 Å². The van der Waals surface area contributed by atoms with Crippen LogP contribution in [0.3, 0.4) is 0 Å². The molecule has 0 radical (unpaired) electrons. The van der Waals surface area contributed by atoms with Crippen LogP contribution in [0.15, 0.2) is 258 Å². The zero-order chi connectivity index (χ0) is 44.8. The number of rotatable bonds is 7. The highest BCUT2D eigenvalue weighted by Crippen LogP contribution is 2.57. The predicted molar refractivity (Wildman–Crippen MR) is 281 cm³/mol. The summed E-state index contributed by atoms with van der Waals surface area (Å²) in [6, 6.07) is 90.3. The topological polar surface area (TPSA) is 29.5 Å². The minimum Gasteiger partial charge on any atom is -0.456 e. The molecule has 68 heavy (non-hydrogen) atoms.